The predicted molar refractivity (Wildman–Crippen MR) is 47.1 cm³/mol. The van der Waals surface area contributed by atoms with Crippen molar-refractivity contribution in [3.63, 3.8) is 0 Å². The highest BCUT2D eigenvalue weighted by atomic mass is 32.1. The molecule has 0 saturated carbocycles. The first-order valence-corrected chi connectivity index (χ1v) is 4.50. The van der Waals surface area contributed by atoms with Crippen molar-refractivity contribution in [1.29, 1.82) is 0 Å². The molecule has 0 aromatic carbocycles. The Labute approximate surface area is 74.9 Å². The first-order chi connectivity index (χ1) is 5.65. The number of aliphatic hydroxyl groups excluding tert-OH is 3. The second kappa shape index (κ2) is 4.00. The molecule has 68 valence electrons. The Hall–Kier alpha value is -0.420. The van der Waals surface area contributed by atoms with Crippen LogP contribution in [0.1, 0.15) is 15.9 Å². The molecule has 4 heteroatoms. The summed E-state index contributed by atoms with van der Waals surface area (Å²) in [6.07, 6.45) is -2.04. The molecule has 0 amide bonds. The van der Waals surface area contributed by atoms with E-state index < -0.39 is 18.8 Å². The maximum absolute atomic E-state index is 9.40. The lowest BCUT2D eigenvalue weighted by Crippen LogP contribution is -2.21. The van der Waals surface area contributed by atoms with Crippen LogP contribution in [0.3, 0.4) is 0 Å². The van der Waals surface area contributed by atoms with Gasteiger partial charge in [-0.3, -0.25) is 0 Å². The first kappa shape index (κ1) is 9.67. The van der Waals surface area contributed by atoms with Crippen molar-refractivity contribution < 1.29 is 15.3 Å². The summed E-state index contributed by atoms with van der Waals surface area (Å²) in [6, 6.07) is 3.62. The van der Waals surface area contributed by atoms with Crippen molar-refractivity contribution in [1.82, 2.24) is 0 Å². The van der Waals surface area contributed by atoms with Crippen molar-refractivity contribution in [3.05, 3.63) is 21.9 Å². The van der Waals surface area contributed by atoms with Crippen molar-refractivity contribution in [3.8, 4) is 0 Å². The van der Waals surface area contributed by atoms with Gasteiger partial charge in [0.05, 0.1) is 6.61 Å². The van der Waals surface area contributed by atoms with Gasteiger partial charge in [-0.1, -0.05) is 0 Å². The summed E-state index contributed by atoms with van der Waals surface area (Å²) in [5.74, 6) is 0. The molecule has 0 aliphatic carbocycles. The van der Waals surface area contributed by atoms with Gasteiger partial charge in [0.1, 0.15) is 12.2 Å². The van der Waals surface area contributed by atoms with Crippen molar-refractivity contribution in [2.24, 2.45) is 0 Å². The highest BCUT2D eigenvalue weighted by molar-refractivity contribution is 7.12. The Bertz CT molecular complexity index is 246. The van der Waals surface area contributed by atoms with E-state index in [1.54, 1.807) is 6.07 Å². The summed E-state index contributed by atoms with van der Waals surface area (Å²) >= 11 is 1.42. The lowest BCUT2D eigenvalue weighted by molar-refractivity contribution is -0.0135. The van der Waals surface area contributed by atoms with Gasteiger partial charge >= 0.3 is 0 Å². The van der Waals surface area contributed by atoms with Crippen LogP contribution >= 0.6 is 11.3 Å². The molecule has 3 N–H and O–H groups in total. The third kappa shape index (κ3) is 2.04. The summed E-state index contributed by atoms with van der Waals surface area (Å²) in [6.45, 7) is 1.50. The van der Waals surface area contributed by atoms with E-state index >= 15 is 0 Å². The molecule has 0 radical (unpaired) electrons. The maximum Gasteiger partial charge on any atom is 0.116 e. The minimum Gasteiger partial charge on any atom is -0.394 e. The van der Waals surface area contributed by atoms with E-state index in [1.165, 1.54) is 11.3 Å². The standard InChI is InChI=1S/C8H12O3S/c1-5-2-3-7(12-5)8(11)6(10)4-9/h2-3,6,8-11H,4H2,1H3. The summed E-state index contributed by atoms with van der Waals surface area (Å²) in [4.78, 5) is 1.77. The molecule has 0 bridgehead atoms. The molecule has 3 nitrogen and oxygen atoms in total. The van der Waals surface area contributed by atoms with Gasteiger partial charge < -0.3 is 15.3 Å². The smallest absolute Gasteiger partial charge is 0.116 e. The van der Waals surface area contributed by atoms with E-state index in [0.29, 0.717) is 4.88 Å². The highest BCUT2D eigenvalue weighted by Gasteiger charge is 2.18. The van der Waals surface area contributed by atoms with Crippen molar-refractivity contribution >= 4 is 11.3 Å². The van der Waals surface area contributed by atoms with Crippen LogP contribution in [0, 0.1) is 6.92 Å². The number of hydrogen-bond donors (Lipinski definition) is 3. The molecule has 0 aliphatic heterocycles. The second-order valence-corrected chi connectivity index (χ2v) is 3.96. The molecule has 12 heavy (non-hydrogen) atoms. The van der Waals surface area contributed by atoms with Crippen LogP contribution in [-0.2, 0) is 0 Å². The van der Waals surface area contributed by atoms with Crippen LogP contribution in [0.25, 0.3) is 0 Å². The molecular weight excluding hydrogens is 176 g/mol. The van der Waals surface area contributed by atoms with E-state index in [-0.39, 0.29) is 0 Å². The van der Waals surface area contributed by atoms with Crippen molar-refractivity contribution in [2.45, 2.75) is 19.1 Å². The number of aryl methyl sites for hydroxylation is 1. The summed E-state index contributed by atoms with van der Waals surface area (Å²) in [5, 5.41) is 27.1. The Balaban J connectivity index is 2.70. The minimum atomic E-state index is -1.08. The Morgan fingerprint density at radius 1 is 1.42 bits per heavy atom. The van der Waals surface area contributed by atoms with Gasteiger partial charge in [0.25, 0.3) is 0 Å². The zero-order chi connectivity index (χ0) is 9.14. The molecule has 0 aliphatic rings. The number of thiophene rings is 1. The lowest BCUT2D eigenvalue weighted by Gasteiger charge is -2.13. The van der Waals surface area contributed by atoms with Crippen LogP contribution in [0.4, 0.5) is 0 Å². The van der Waals surface area contributed by atoms with Crippen LogP contribution in [0.2, 0.25) is 0 Å². The fourth-order valence-electron chi connectivity index (χ4n) is 0.902. The quantitative estimate of drug-likeness (QED) is 0.645. The minimum absolute atomic E-state index is 0.419. The molecule has 1 rings (SSSR count). The molecular formula is C8H12O3S. The molecule has 1 aromatic heterocycles. The Morgan fingerprint density at radius 3 is 2.50 bits per heavy atom. The number of rotatable bonds is 3. The Morgan fingerprint density at radius 2 is 2.08 bits per heavy atom. The molecule has 0 saturated heterocycles. The SMILES string of the molecule is Cc1ccc(C(O)C(O)CO)s1. The first-order valence-electron chi connectivity index (χ1n) is 3.68. The number of aliphatic hydroxyl groups is 3. The van der Waals surface area contributed by atoms with E-state index in [2.05, 4.69) is 0 Å². The molecule has 2 atom stereocenters. The Kier molecular flexibility index (Phi) is 3.22. The van der Waals surface area contributed by atoms with Gasteiger partial charge in [0.15, 0.2) is 0 Å². The fraction of sp³-hybridized carbons (Fsp3) is 0.500. The molecule has 1 aromatic rings. The van der Waals surface area contributed by atoms with Crippen LogP contribution < -0.4 is 0 Å². The maximum atomic E-state index is 9.40. The summed E-state index contributed by atoms with van der Waals surface area (Å²) in [7, 11) is 0. The van der Waals surface area contributed by atoms with Gasteiger partial charge in [-0.05, 0) is 19.1 Å². The average molecular weight is 188 g/mol. The van der Waals surface area contributed by atoms with Gasteiger partial charge in [-0.2, -0.15) is 0 Å². The monoisotopic (exact) mass is 188 g/mol. The summed E-state index contributed by atoms with van der Waals surface area (Å²) in [5.41, 5.74) is 0. The van der Waals surface area contributed by atoms with Crippen LogP contribution in [0.5, 0.6) is 0 Å². The van der Waals surface area contributed by atoms with Crippen LogP contribution in [-0.4, -0.2) is 28.0 Å². The number of hydrogen-bond acceptors (Lipinski definition) is 4. The van der Waals surface area contributed by atoms with Gasteiger partial charge in [0.2, 0.25) is 0 Å². The van der Waals surface area contributed by atoms with Gasteiger partial charge in [-0.15, -0.1) is 11.3 Å². The molecule has 1 heterocycles. The average Bonchev–Trinajstić information content (AvgIpc) is 2.49. The van der Waals surface area contributed by atoms with E-state index in [9.17, 15) is 5.11 Å². The van der Waals surface area contributed by atoms with Gasteiger partial charge in [-0.25, -0.2) is 0 Å². The third-order valence-electron chi connectivity index (χ3n) is 1.60. The molecule has 0 fully saturated rings. The predicted octanol–water partition coefficient (Wildman–Crippen LogP) is 0.443. The van der Waals surface area contributed by atoms with E-state index in [0.717, 1.165) is 4.88 Å². The topological polar surface area (TPSA) is 60.7 Å². The highest BCUT2D eigenvalue weighted by Crippen LogP contribution is 2.24. The van der Waals surface area contributed by atoms with Crippen molar-refractivity contribution in [2.75, 3.05) is 6.61 Å². The van der Waals surface area contributed by atoms with Gasteiger partial charge in [0, 0.05) is 9.75 Å². The van der Waals surface area contributed by atoms with E-state index in [4.69, 9.17) is 10.2 Å². The third-order valence-corrected chi connectivity index (χ3v) is 2.68. The lowest BCUT2D eigenvalue weighted by atomic mass is 10.2. The normalized spacial score (nSPS) is 16.0. The zero-order valence-electron chi connectivity index (χ0n) is 6.77. The molecule has 0 spiro atoms. The fourth-order valence-corrected chi connectivity index (χ4v) is 1.82. The molecule has 2 unspecified atom stereocenters. The summed E-state index contributed by atoms with van der Waals surface area (Å²) < 4.78 is 0. The van der Waals surface area contributed by atoms with E-state index in [1.807, 2.05) is 13.0 Å². The van der Waals surface area contributed by atoms with Crippen LogP contribution in [0.15, 0.2) is 12.1 Å². The zero-order valence-corrected chi connectivity index (χ0v) is 7.58. The largest absolute Gasteiger partial charge is 0.394 e. The second-order valence-electron chi connectivity index (χ2n) is 2.64.